The molecule has 0 N–H and O–H groups in total. The summed E-state index contributed by atoms with van der Waals surface area (Å²) >= 11 is 2.54. The van der Waals surface area contributed by atoms with Crippen LogP contribution >= 0.6 is 15.9 Å². The molecule has 0 spiro atoms. The summed E-state index contributed by atoms with van der Waals surface area (Å²) < 4.78 is 63.4. The van der Waals surface area contributed by atoms with Crippen LogP contribution in [0.3, 0.4) is 0 Å². The molecule has 0 unspecified atom stereocenters. The molecule has 0 saturated carbocycles. The highest BCUT2D eigenvalue weighted by Gasteiger charge is 2.34. The lowest BCUT2D eigenvalue weighted by Gasteiger charge is -2.12. The second kappa shape index (κ2) is 4.83. The van der Waals surface area contributed by atoms with Crippen LogP contribution < -0.4 is 4.74 Å². The molecule has 0 radical (unpaired) electrons. The summed E-state index contributed by atoms with van der Waals surface area (Å²) in [7, 11) is 0. The fourth-order valence-electron chi connectivity index (χ4n) is 0.929. The molecule has 0 aliphatic rings. The molecule has 1 heterocycles. The van der Waals surface area contributed by atoms with E-state index in [1.165, 1.54) is 6.07 Å². The van der Waals surface area contributed by atoms with Crippen LogP contribution in [0, 0.1) is 11.3 Å². The predicted octanol–water partition coefficient (Wildman–Crippen LogP) is 3.55. The minimum atomic E-state index is -5.04. The third-order valence-electron chi connectivity index (χ3n) is 1.51. The van der Waals surface area contributed by atoms with E-state index < -0.39 is 34.4 Å². The normalized spacial score (nSPS) is 11.4. The third kappa shape index (κ3) is 3.52. The average Bonchev–Trinajstić information content (AvgIpc) is 2.18. The first-order valence-corrected chi connectivity index (χ1v) is 4.68. The minimum Gasteiger partial charge on any atom is -0.401 e. The number of nitriles is 1. The lowest BCUT2D eigenvalue weighted by Crippen LogP contribution is -2.18. The fraction of sp³-hybridized carbons (Fsp3) is 0.250. The van der Waals surface area contributed by atoms with E-state index in [2.05, 4.69) is 25.7 Å². The number of rotatable bonds is 2. The standard InChI is InChI=1S/C8H2BrF5N2O/c9-6-5(17-8(12,13)14)3(2-15)1-4(16-6)7(10)11/h1,7H. The Morgan fingerprint density at radius 3 is 2.41 bits per heavy atom. The number of aromatic nitrogens is 1. The number of halogens is 6. The van der Waals surface area contributed by atoms with Crippen molar-refractivity contribution in [2.75, 3.05) is 0 Å². The van der Waals surface area contributed by atoms with Crippen molar-refractivity contribution in [3.05, 3.63) is 21.9 Å². The van der Waals surface area contributed by atoms with E-state index in [1.807, 2.05) is 0 Å². The molecule has 92 valence electrons. The molecule has 0 fully saturated rings. The smallest absolute Gasteiger partial charge is 0.401 e. The topological polar surface area (TPSA) is 45.9 Å². The van der Waals surface area contributed by atoms with Crippen LogP contribution in [0.25, 0.3) is 0 Å². The van der Waals surface area contributed by atoms with Crippen LogP contribution in [0.5, 0.6) is 5.75 Å². The van der Waals surface area contributed by atoms with Crippen molar-refractivity contribution < 1.29 is 26.7 Å². The molecule has 0 saturated heterocycles. The van der Waals surface area contributed by atoms with Gasteiger partial charge in [0.25, 0.3) is 6.43 Å². The molecule has 17 heavy (non-hydrogen) atoms. The van der Waals surface area contributed by atoms with E-state index >= 15 is 0 Å². The van der Waals surface area contributed by atoms with Gasteiger partial charge in [0, 0.05) is 0 Å². The fourth-order valence-corrected chi connectivity index (χ4v) is 1.43. The van der Waals surface area contributed by atoms with Crippen LogP contribution in [0.4, 0.5) is 22.0 Å². The Balaban J connectivity index is 3.28. The van der Waals surface area contributed by atoms with Crippen molar-refractivity contribution in [1.29, 1.82) is 5.26 Å². The molecule has 9 heteroatoms. The van der Waals surface area contributed by atoms with E-state index in [4.69, 9.17) is 5.26 Å². The molecule has 0 bridgehead atoms. The van der Waals surface area contributed by atoms with Gasteiger partial charge in [-0.1, -0.05) is 0 Å². The van der Waals surface area contributed by atoms with Crippen molar-refractivity contribution >= 4 is 15.9 Å². The Bertz CT molecular complexity index is 468. The zero-order valence-electron chi connectivity index (χ0n) is 7.73. The molecule has 3 nitrogen and oxygen atoms in total. The maximum absolute atomic E-state index is 12.3. The Hall–Kier alpha value is -1.43. The van der Waals surface area contributed by atoms with Crippen molar-refractivity contribution in [1.82, 2.24) is 4.98 Å². The van der Waals surface area contributed by atoms with E-state index in [1.54, 1.807) is 0 Å². The van der Waals surface area contributed by atoms with Crippen molar-refractivity contribution in [2.24, 2.45) is 0 Å². The number of ether oxygens (including phenoxy) is 1. The Labute approximate surface area is 99.9 Å². The van der Waals surface area contributed by atoms with E-state index in [0.29, 0.717) is 6.07 Å². The van der Waals surface area contributed by atoms with Gasteiger partial charge in [0.15, 0.2) is 5.75 Å². The van der Waals surface area contributed by atoms with Gasteiger partial charge in [-0.15, -0.1) is 13.2 Å². The van der Waals surface area contributed by atoms with Crippen molar-refractivity contribution in [3.63, 3.8) is 0 Å². The zero-order valence-corrected chi connectivity index (χ0v) is 9.31. The molecule has 1 rings (SSSR count). The summed E-state index contributed by atoms with van der Waals surface area (Å²) in [4.78, 5) is 3.16. The molecule has 1 aromatic rings. The first-order valence-electron chi connectivity index (χ1n) is 3.89. The summed E-state index contributed by atoms with van der Waals surface area (Å²) in [6, 6.07) is 1.86. The van der Waals surface area contributed by atoms with Crippen molar-refractivity contribution in [3.8, 4) is 11.8 Å². The number of hydrogen-bond acceptors (Lipinski definition) is 3. The van der Waals surface area contributed by atoms with E-state index in [-0.39, 0.29) is 0 Å². The summed E-state index contributed by atoms with van der Waals surface area (Å²) in [5.41, 5.74) is -1.50. The minimum absolute atomic E-state index is 0.538. The average molecular weight is 317 g/mol. The van der Waals surface area contributed by atoms with E-state index in [9.17, 15) is 22.0 Å². The number of alkyl halides is 5. The second-order valence-corrected chi connectivity index (χ2v) is 3.43. The van der Waals surface area contributed by atoms with Crippen LogP contribution in [0.2, 0.25) is 0 Å². The maximum atomic E-state index is 12.3. The summed E-state index contributed by atoms with van der Waals surface area (Å²) in [5, 5.41) is 8.56. The van der Waals surface area contributed by atoms with Crippen LogP contribution in [0.1, 0.15) is 17.7 Å². The van der Waals surface area contributed by atoms with Gasteiger partial charge in [0.05, 0.1) is 5.56 Å². The van der Waals surface area contributed by atoms with Gasteiger partial charge in [0.2, 0.25) is 0 Å². The van der Waals surface area contributed by atoms with Gasteiger partial charge in [-0.05, 0) is 22.0 Å². The molecular formula is C8H2BrF5N2O. The SMILES string of the molecule is N#Cc1cc(C(F)F)nc(Br)c1OC(F)(F)F. The summed E-state index contributed by atoms with van der Waals surface area (Å²) in [5.74, 6) is -0.940. The van der Waals surface area contributed by atoms with Crippen molar-refractivity contribution in [2.45, 2.75) is 12.8 Å². The molecule has 0 aliphatic heterocycles. The van der Waals surface area contributed by atoms with Gasteiger partial charge < -0.3 is 4.74 Å². The van der Waals surface area contributed by atoms with Crippen LogP contribution in [0.15, 0.2) is 10.7 Å². The quantitative estimate of drug-likeness (QED) is 0.619. The number of hydrogen-bond donors (Lipinski definition) is 0. The monoisotopic (exact) mass is 316 g/mol. The lowest BCUT2D eigenvalue weighted by atomic mass is 10.2. The highest BCUT2D eigenvalue weighted by molar-refractivity contribution is 9.10. The Morgan fingerprint density at radius 1 is 1.41 bits per heavy atom. The molecule has 0 atom stereocenters. The van der Waals surface area contributed by atoms with Crippen LogP contribution in [-0.4, -0.2) is 11.3 Å². The highest BCUT2D eigenvalue weighted by atomic mass is 79.9. The van der Waals surface area contributed by atoms with Gasteiger partial charge >= 0.3 is 6.36 Å². The van der Waals surface area contributed by atoms with Gasteiger partial charge in [-0.2, -0.15) is 5.26 Å². The van der Waals surface area contributed by atoms with Crippen LogP contribution in [-0.2, 0) is 0 Å². The largest absolute Gasteiger partial charge is 0.573 e. The van der Waals surface area contributed by atoms with Gasteiger partial charge in [0.1, 0.15) is 16.4 Å². The number of nitrogens with zero attached hydrogens (tertiary/aromatic N) is 2. The maximum Gasteiger partial charge on any atom is 0.573 e. The number of pyridine rings is 1. The molecule has 0 aliphatic carbocycles. The molecular weight excluding hydrogens is 315 g/mol. The predicted molar refractivity (Wildman–Crippen MR) is 48.3 cm³/mol. The first kappa shape index (κ1) is 13.6. The first-order chi connectivity index (χ1) is 7.74. The highest BCUT2D eigenvalue weighted by Crippen LogP contribution is 2.34. The zero-order chi connectivity index (χ0) is 13.2. The molecule has 1 aromatic heterocycles. The van der Waals surface area contributed by atoms with Gasteiger partial charge in [-0.25, -0.2) is 13.8 Å². The summed E-state index contributed by atoms with van der Waals surface area (Å²) in [6.07, 6.45) is -8.04. The molecule has 0 aromatic carbocycles. The lowest BCUT2D eigenvalue weighted by molar-refractivity contribution is -0.275. The Morgan fingerprint density at radius 2 is 2.00 bits per heavy atom. The second-order valence-electron chi connectivity index (χ2n) is 2.67. The third-order valence-corrected chi connectivity index (χ3v) is 2.05. The molecule has 0 amide bonds. The van der Waals surface area contributed by atoms with Gasteiger partial charge in [-0.3, -0.25) is 0 Å². The Kier molecular flexibility index (Phi) is 3.87. The summed E-state index contributed by atoms with van der Waals surface area (Å²) in [6.45, 7) is 0. The van der Waals surface area contributed by atoms with E-state index in [0.717, 1.165) is 0 Å².